The fraction of sp³-hybridized carbons (Fsp3) is 0.571. The van der Waals surface area contributed by atoms with E-state index in [1.165, 1.54) is 0 Å². The Balaban J connectivity index is 1.91. The first kappa shape index (κ1) is 21.4. The van der Waals surface area contributed by atoms with E-state index in [9.17, 15) is 9.90 Å². The van der Waals surface area contributed by atoms with Crippen LogP contribution in [0.25, 0.3) is 16.7 Å². The molecule has 8 heteroatoms. The molecule has 2 aromatic heterocycles. The molecule has 158 valence electrons. The summed E-state index contributed by atoms with van der Waals surface area (Å²) in [6.45, 7) is 9.35. The van der Waals surface area contributed by atoms with Gasteiger partial charge in [0, 0.05) is 31.4 Å². The molecule has 0 atom stereocenters. The Labute approximate surface area is 176 Å². The van der Waals surface area contributed by atoms with Crippen molar-refractivity contribution in [1.82, 2.24) is 19.4 Å². The molecule has 0 bridgehead atoms. The molecule has 0 saturated heterocycles. The van der Waals surface area contributed by atoms with Gasteiger partial charge in [-0.15, -0.1) is 0 Å². The summed E-state index contributed by atoms with van der Waals surface area (Å²) in [4.78, 5) is 22.5. The lowest BCUT2D eigenvalue weighted by Gasteiger charge is -2.30. The Bertz CT molecular complexity index is 930. The van der Waals surface area contributed by atoms with Gasteiger partial charge in [-0.3, -0.25) is 4.57 Å². The Morgan fingerprint density at radius 1 is 1.34 bits per heavy atom. The fourth-order valence-electron chi connectivity index (χ4n) is 3.49. The summed E-state index contributed by atoms with van der Waals surface area (Å²) in [5.41, 5.74) is 2.57. The van der Waals surface area contributed by atoms with Gasteiger partial charge in [0.15, 0.2) is 5.65 Å². The monoisotopic (exact) mass is 420 g/mol. The number of imidazole rings is 1. The molecule has 29 heavy (non-hydrogen) atoms. The van der Waals surface area contributed by atoms with Gasteiger partial charge in [-0.2, -0.15) is 4.98 Å². The van der Waals surface area contributed by atoms with Gasteiger partial charge >= 0.3 is 6.09 Å². The van der Waals surface area contributed by atoms with Crippen LogP contribution in [0.15, 0.2) is 12.3 Å². The zero-order valence-electron chi connectivity index (χ0n) is 17.5. The number of aromatic hydroxyl groups is 1. The average molecular weight is 421 g/mol. The summed E-state index contributed by atoms with van der Waals surface area (Å²) >= 11 is 6.53. The van der Waals surface area contributed by atoms with Crippen LogP contribution in [0.1, 0.15) is 58.9 Å². The van der Waals surface area contributed by atoms with Crippen LogP contribution in [0, 0.1) is 0 Å². The van der Waals surface area contributed by atoms with Crippen molar-refractivity contribution in [2.45, 2.75) is 65.5 Å². The van der Waals surface area contributed by atoms with Crippen molar-refractivity contribution in [3.05, 3.63) is 22.9 Å². The van der Waals surface area contributed by atoms with Crippen molar-refractivity contribution < 1.29 is 14.6 Å². The third kappa shape index (κ3) is 4.83. The predicted octanol–water partition coefficient (Wildman–Crippen LogP) is 5.00. The molecule has 0 unspecified atom stereocenters. The van der Waals surface area contributed by atoms with Gasteiger partial charge in [-0.05, 0) is 39.2 Å². The standard InChI is InChI=1S/C21H29ClN4O3/c1-5-6-7-10-26-17-16(15(22)13-23-18(17)24-19(26)27)14-8-11-25(12-9-14)20(28)29-21(2,3)4/h8,13H,5-7,9-12H2,1-4H3,(H,23,24,27). The second kappa shape index (κ2) is 8.61. The third-order valence-corrected chi connectivity index (χ3v) is 5.16. The molecular formula is C21H29ClN4O3. The van der Waals surface area contributed by atoms with Gasteiger partial charge in [-0.1, -0.05) is 37.4 Å². The highest BCUT2D eigenvalue weighted by atomic mass is 35.5. The number of halogens is 1. The number of aromatic nitrogens is 3. The highest BCUT2D eigenvalue weighted by Gasteiger charge is 2.26. The Kier molecular flexibility index (Phi) is 6.36. The number of pyridine rings is 1. The minimum atomic E-state index is -0.524. The van der Waals surface area contributed by atoms with Crippen LogP contribution in [0.4, 0.5) is 4.79 Å². The Morgan fingerprint density at radius 3 is 2.72 bits per heavy atom. The average Bonchev–Trinajstić information content (AvgIpc) is 2.96. The molecule has 0 fully saturated rings. The van der Waals surface area contributed by atoms with E-state index >= 15 is 0 Å². The molecular weight excluding hydrogens is 392 g/mol. The fourth-order valence-corrected chi connectivity index (χ4v) is 3.75. The maximum atomic E-state index is 12.3. The molecule has 0 spiro atoms. The number of rotatable bonds is 5. The van der Waals surface area contributed by atoms with Gasteiger partial charge in [0.2, 0.25) is 0 Å². The number of carbonyl (C=O) groups is 1. The van der Waals surface area contributed by atoms with E-state index in [1.807, 2.05) is 26.8 Å². The van der Waals surface area contributed by atoms with Gasteiger partial charge in [0.05, 0.1) is 10.5 Å². The van der Waals surface area contributed by atoms with Gasteiger partial charge in [-0.25, -0.2) is 9.78 Å². The normalized spacial score (nSPS) is 14.9. The first-order chi connectivity index (χ1) is 13.7. The SMILES string of the molecule is CCCCCn1c(O)nc2ncc(Cl)c(C3=CCN(C(=O)OC(C)(C)C)CC3)c21. The number of ether oxygens (including phenoxy) is 1. The van der Waals surface area contributed by atoms with Crippen LogP contribution in [-0.4, -0.2) is 49.3 Å². The summed E-state index contributed by atoms with van der Waals surface area (Å²) < 4.78 is 7.26. The quantitative estimate of drug-likeness (QED) is 0.688. The van der Waals surface area contributed by atoms with Crippen molar-refractivity contribution in [2.75, 3.05) is 13.1 Å². The van der Waals surface area contributed by atoms with Crippen LogP contribution in [0.3, 0.4) is 0 Å². The molecule has 1 N–H and O–H groups in total. The Hall–Kier alpha value is -2.28. The zero-order chi connectivity index (χ0) is 21.2. The van der Waals surface area contributed by atoms with Gasteiger partial charge in [0.1, 0.15) is 5.60 Å². The largest absolute Gasteiger partial charge is 0.480 e. The van der Waals surface area contributed by atoms with E-state index in [0.717, 1.165) is 35.9 Å². The van der Waals surface area contributed by atoms with Crippen LogP contribution >= 0.6 is 11.6 Å². The summed E-state index contributed by atoms with van der Waals surface area (Å²) in [6.07, 6.45) is 6.98. The molecule has 0 aromatic carbocycles. The van der Waals surface area contributed by atoms with E-state index in [2.05, 4.69) is 16.9 Å². The van der Waals surface area contributed by atoms with E-state index in [0.29, 0.717) is 36.7 Å². The topological polar surface area (TPSA) is 80.5 Å². The molecule has 0 radical (unpaired) electrons. The molecule has 1 aliphatic heterocycles. The minimum Gasteiger partial charge on any atom is -0.480 e. The van der Waals surface area contributed by atoms with Gasteiger partial charge < -0.3 is 14.7 Å². The molecule has 1 aliphatic rings. The summed E-state index contributed by atoms with van der Waals surface area (Å²) in [5, 5.41) is 10.9. The van der Waals surface area contributed by atoms with Crippen molar-refractivity contribution >= 4 is 34.4 Å². The number of hydrogen-bond donors (Lipinski definition) is 1. The maximum absolute atomic E-state index is 12.3. The van der Waals surface area contributed by atoms with E-state index in [4.69, 9.17) is 16.3 Å². The lowest BCUT2D eigenvalue weighted by Crippen LogP contribution is -2.39. The van der Waals surface area contributed by atoms with Crippen LogP contribution < -0.4 is 0 Å². The summed E-state index contributed by atoms with van der Waals surface area (Å²) in [6, 6.07) is -0.0427. The highest BCUT2D eigenvalue weighted by molar-refractivity contribution is 6.33. The number of carbonyl (C=O) groups excluding carboxylic acids is 1. The number of aryl methyl sites for hydroxylation is 1. The van der Waals surface area contributed by atoms with E-state index in [-0.39, 0.29) is 12.1 Å². The number of amides is 1. The second-order valence-corrected chi connectivity index (χ2v) is 8.74. The van der Waals surface area contributed by atoms with Crippen molar-refractivity contribution in [1.29, 1.82) is 0 Å². The van der Waals surface area contributed by atoms with Crippen molar-refractivity contribution in [3.63, 3.8) is 0 Å². The number of nitrogens with zero attached hydrogens (tertiary/aromatic N) is 4. The first-order valence-electron chi connectivity index (χ1n) is 10.1. The number of fused-ring (bicyclic) bond motifs is 1. The predicted molar refractivity (Wildman–Crippen MR) is 114 cm³/mol. The maximum Gasteiger partial charge on any atom is 0.410 e. The lowest BCUT2D eigenvalue weighted by atomic mass is 9.99. The third-order valence-electron chi connectivity index (χ3n) is 4.87. The molecule has 3 heterocycles. The number of unbranched alkanes of at least 4 members (excludes halogenated alkanes) is 2. The Morgan fingerprint density at radius 2 is 2.10 bits per heavy atom. The van der Waals surface area contributed by atoms with Crippen LogP contribution in [0.5, 0.6) is 6.01 Å². The number of hydrogen-bond acceptors (Lipinski definition) is 5. The second-order valence-electron chi connectivity index (χ2n) is 8.33. The summed E-state index contributed by atoms with van der Waals surface area (Å²) in [5.74, 6) is 0. The molecule has 0 aliphatic carbocycles. The molecule has 7 nitrogen and oxygen atoms in total. The van der Waals surface area contributed by atoms with Crippen LogP contribution in [0.2, 0.25) is 5.02 Å². The van der Waals surface area contributed by atoms with Crippen molar-refractivity contribution in [2.24, 2.45) is 0 Å². The molecule has 1 amide bonds. The first-order valence-corrected chi connectivity index (χ1v) is 10.5. The van der Waals surface area contributed by atoms with E-state index in [1.54, 1.807) is 15.7 Å². The molecule has 2 aromatic rings. The highest BCUT2D eigenvalue weighted by Crippen LogP contribution is 2.36. The minimum absolute atomic E-state index is 0.0427. The zero-order valence-corrected chi connectivity index (χ0v) is 18.3. The van der Waals surface area contributed by atoms with Crippen LogP contribution in [-0.2, 0) is 11.3 Å². The van der Waals surface area contributed by atoms with E-state index < -0.39 is 5.60 Å². The molecule has 0 saturated carbocycles. The lowest BCUT2D eigenvalue weighted by molar-refractivity contribution is 0.0270. The smallest absolute Gasteiger partial charge is 0.410 e. The van der Waals surface area contributed by atoms with Gasteiger partial charge in [0.25, 0.3) is 6.01 Å². The summed E-state index contributed by atoms with van der Waals surface area (Å²) in [7, 11) is 0. The van der Waals surface area contributed by atoms with Crippen molar-refractivity contribution in [3.8, 4) is 6.01 Å². The molecule has 3 rings (SSSR count).